The van der Waals surface area contributed by atoms with Crippen molar-refractivity contribution in [1.82, 2.24) is 13.3 Å². The van der Waals surface area contributed by atoms with E-state index in [0.29, 0.717) is 5.69 Å². The third-order valence-electron chi connectivity index (χ3n) is 1.72. The van der Waals surface area contributed by atoms with Crippen LogP contribution < -0.4 is 0 Å². The highest BCUT2D eigenvalue weighted by molar-refractivity contribution is 7.87. The first-order valence-corrected chi connectivity index (χ1v) is 5.38. The van der Waals surface area contributed by atoms with Crippen LogP contribution in [-0.2, 0) is 16.8 Å². The molecule has 0 aliphatic rings. The second kappa shape index (κ2) is 3.68. The van der Waals surface area contributed by atoms with Gasteiger partial charge in [0.05, 0.1) is 5.69 Å². The molecule has 0 bridgehead atoms. The van der Waals surface area contributed by atoms with E-state index < -0.39 is 16.8 Å². The molecule has 0 saturated heterocycles. The van der Waals surface area contributed by atoms with Crippen LogP contribution in [0, 0.1) is 6.92 Å². The number of hydrogen-bond acceptors (Lipinski definition) is 4. The van der Waals surface area contributed by atoms with Crippen LogP contribution in [0.1, 0.15) is 11.5 Å². The number of aryl methyl sites for hydroxylation is 1. The van der Waals surface area contributed by atoms with Crippen LogP contribution in [0.3, 0.4) is 0 Å². The van der Waals surface area contributed by atoms with Gasteiger partial charge in [0, 0.05) is 20.3 Å². The molecule has 0 aromatic carbocycles. The molecule has 0 fully saturated rings. The fourth-order valence-electron chi connectivity index (χ4n) is 1.01. The van der Waals surface area contributed by atoms with E-state index in [1.54, 1.807) is 6.92 Å². The Morgan fingerprint density at radius 3 is 2.57 bits per heavy atom. The summed E-state index contributed by atoms with van der Waals surface area (Å²) in [5.41, 5.74) is 0.555. The lowest BCUT2D eigenvalue weighted by Crippen LogP contribution is -2.29. The topological polar surface area (TPSA) is 75.4 Å². The molecule has 0 spiro atoms. The molecule has 1 aromatic heterocycles. The minimum absolute atomic E-state index is 0.121. The summed E-state index contributed by atoms with van der Waals surface area (Å²) < 4.78 is 25.4. The number of aliphatic hydroxyl groups is 1. The summed E-state index contributed by atoms with van der Waals surface area (Å²) in [6.07, 6.45) is 1.38. The molecule has 0 radical (unpaired) electrons. The summed E-state index contributed by atoms with van der Waals surface area (Å²) in [7, 11) is -0.726. The van der Waals surface area contributed by atoms with Crippen molar-refractivity contribution in [3.8, 4) is 0 Å². The SMILES string of the molecule is Cc1cn(S(=O)(=O)N(C)C)c(CO)n1. The second-order valence-corrected chi connectivity index (χ2v) is 5.06. The molecule has 0 aliphatic carbocycles. The van der Waals surface area contributed by atoms with E-state index in [0.717, 1.165) is 8.28 Å². The van der Waals surface area contributed by atoms with Gasteiger partial charge in [0.2, 0.25) is 0 Å². The van der Waals surface area contributed by atoms with Crippen molar-refractivity contribution in [3.05, 3.63) is 17.7 Å². The third-order valence-corrected chi connectivity index (χ3v) is 3.45. The number of aliphatic hydroxyl groups excluding tert-OH is 1. The standard InChI is InChI=1S/C7H13N3O3S/c1-6-4-10(7(5-11)8-6)14(12,13)9(2)3/h4,11H,5H2,1-3H3. The lowest BCUT2D eigenvalue weighted by molar-refractivity contribution is 0.270. The monoisotopic (exact) mass is 219 g/mol. The summed E-state index contributed by atoms with van der Waals surface area (Å²) in [6, 6.07) is 0. The van der Waals surface area contributed by atoms with Crippen LogP contribution in [0.4, 0.5) is 0 Å². The Kier molecular flexibility index (Phi) is 2.93. The smallest absolute Gasteiger partial charge is 0.308 e. The minimum Gasteiger partial charge on any atom is -0.388 e. The predicted molar refractivity (Wildman–Crippen MR) is 50.9 cm³/mol. The van der Waals surface area contributed by atoms with Crippen LogP contribution in [0.2, 0.25) is 0 Å². The molecular weight excluding hydrogens is 206 g/mol. The highest BCUT2D eigenvalue weighted by atomic mass is 32.2. The molecule has 80 valence electrons. The average molecular weight is 219 g/mol. The summed E-state index contributed by atoms with van der Waals surface area (Å²) >= 11 is 0. The Morgan fingerprint density at radius 1 is 1.57 bits per heavy atom. The quantitative estimate of drug-likeness (QED) is 0.732. The highest BCUT2D eigenvalue weighted by Gasteiger charge is 2.20. The van der Waals surface area contributed by atoms with Gasteiger partial charge >= 0.3 is 10.2 Å². The summed E-state index contributed by atoms with van der Waals surface area (Å²) in [6.45, 7) is 1.27. The molecule has 6 nitrogen and oxygen atoms in total. The summed E-state index contributed by atoms with van der Waals surface area (Å²) in [5, 5.41) is 8.91. The first-order chi connectivity index (χ1) is 6.39. The van der Waals surface area contributed by atoms with E-state index in [4.69, 9.17) is 5.11 Å². The fraction of sp³-hybridized carbons (Fsp3) is 0.571. The Hall–Kier alpha value is -0.920. The molecule has 0 amide bonds. The zero-order chi connectivity index (χ0) is 10.9. The number of imidazole rings is 1. The molecule has 0 atom stereocenters. The highest BCUT2D eigenvalue weighted by Crippen LogP contribution is 2.08. The molecule has 14 heavy (non-hydrogen) atoms. The maximum absolute atomic E-state index is 11.7. The second-order valence-electron chi connectivity index (χ2n) is 3.04. The van der Waals surface area contributed by atoms with Crippen molar-refractivity contribution >= 4 is 10.2 Å². The number of aromatic nitrogens is 2. The van der Waals surface area contributed by atoms with E-state index >= 15 is 0 Å². The van der Waals surface area contributed by atoms with Crippen LogP contribution >= 0.6 is 0 Å². The van der Waals surface area contributed by atoms with Crippen LogP contribution in [0.15, 0.2) is 6.20 Å². The zero-order valence-corrected chi connectivity index (χ0v) is 9.11. The Labute approximate surface area is 83.0 Å². The largest absolute Gasteiger partial charge is 0.388 e. The van der Waals surface area contributed by atoms with Crippen molar-refractivity contribution < 1.29 is 13.5 Å². The molecule has 0 aliphatic heterocycles. The van der Waals surface area contributed by atoms with Crippen LogP contribution in [-0.4, -0.2) is 40.9 Å². The van der Waals surface area contributed by atoms with E-state index in [1.165, 1.54) is 20.3 Å². The van der Waals surface area contributed by atoms with Gasteiger partial charge in [-0.25, -0.2) is 8.96 Å². The molecule has 1 heterocycles. The van der Waals surface area contributed by atoms with Crippen molar-refractivity contribution in [1.29, 1.82) is 0 Å². The normalized spacial score (nSPS) is 12.4. The number of rotatable bonds is 3. The summed E-state index contributed by atoms with van der Waals surface area (Å²) in [4.78, 5) is 3.88. The molecule has 1 rings (SSSR count). The first-order valence-electron chi connectivity index (χ1n) is 3.98. The third kappa shape index (κ3) is 1.79. The Balaban J connectivity index is 3.32. The molecule has 1 aromatic rings. The van der Waals surface area contributed by atoms with Gasteiger partial charge in [-0.05, 0) is 6.92 Å². The van der Waals surface area contributed by atoms with Crippen molar-refractivity contribution in [2.45, 2.75) is 13.5 Å². The van der Waals surface area contributed by atoms with Gasteiger partial charge in [-0.3, -0.25) is 0 Å². The van der Waals surface area contributed by atoms with Crippen molar-refractivity contribution in [2.75, 3.05) is 14.1 Å². The molecular formula is C7H13N3O3S. The van der Waals surface area contributed by atoms with Gasteiger partial charge in [0.25, 0.3) is 0 Å². The van der Waals surface area contributed by atoms with Gasteiger partial charge in [0.1, 0.15) is 12.4 Å². The molecule has 0 saturated carbocycles. The van der Waals surface area contributed by atoms with E-state index in [2.05, 4.69) is 4.98 Å². The zero-order valence-electron chi connectivity index (χ0n) is 8.30. The predicted octanol–water partition coefficient (Wildman–Crippen LogP) is -0.662. The lowest BCUT2D eigenvalue weighted by Gasteiger charge is -2.13. The van der Waals surface area contributed by atoms with Gasteiger partial charge in [0.15, 0.2) is 0 Å². The maximum atomic E-state index is 11.7. The maximum Gasteiger partial charge on any atom is 0.308 e. The summed E-state index contributed by atoms with van der Waals surface area (Å²) in [5.74, 6) is 0.121. The van der Waals surface area contributed by atoms with E-state index in [1.807, 2.05) is 0 Å². The van der Waals surface area contributed by atoms with E-state index in [9.17, 15) is 8.42 Å². The number of hydrogen-bond donors (Lipinski definition) is 1. The van der Waals surface area contributed by atoms with Gasteiger partial charge < -0.3 is 5.11 Å². The van der Waals surface area contributed by atoms with E-state index in [-0.39, 0.29) is 5.82 Å². The van der Waals surface area contributed by atoms with Crippen molar-refractivity contribution in [3.63, 3.8) is 0 Å². The van der Waals surface area contributed by atoms with Crippen LogP contribution in [0.25, 0.3) is 0 Å². The molecule has 1 N–H and O–H groups in total. The van der Waals surface area contributed by atoms with Gasteiger partial charge in [-0.1, -0.05) is 0 Å². The van der Waals surface area contributed by atoms with Gasteiger partial charge in [-0.2, -0.15) is 12.7 Å². The Morgan fingerprint density at radius 2 is 2.14 bits per heavy atom. The van der Waals surface area contributed by atoms with Crippen molar-refractivity contribution in [2.24, 2.45) is 0 Å². The fourth-order valence-corrected chi connectivity index (χ4v) is 2.01. The average Bonchev–Trinajstić information content (AvgIpc) is 2.46. The van der Waals surface area contributed by atoms with Gasteiger partial charge in [-0.15, -0.1) is 0 Å². The molecule has 7 heteroatoms. The number of nitrogens with zero attached hydrogens (tertiary/aromatic N) is 3. The van der Waals surface area contributed by atoms with Crippen LogP contribution in [0.5, 0.6) is 0 Å². The Bertz CT molecular complexity index is 421. The lowest BCUT2D eigenvalue weighted by atomic mass is 10.6. The molecule has 0 unspecified atom stereocenters. The minimum atomic E-state index is -3.57. The first kappa shape index (κ1) is 11.2.